The molecule has 4 aromatic heterocycles. The lowest BCUT2D eigenvalue weighted by Gasteiger charge is -2.25. The number of nitrogens with zero attached hydrogens (tertiary/aromatic N) is 6. The molecular formula is C20H22FN9O13P2. The molecule has 3 aliphatic heterocycles. The van der Waals surface area contributed by atoms with Crippen LogP contribution in [0.25, 0.3) is 22.3 Å². The number of hydrogen-bond donors (Lipinski definition) is 6. The van der Waals surface area contributed by atoms with Gasteiger partial charge in [0, 0.05) is 0 Å². The molecule has 7 rings (SSSR count). The predicted octanol–water partition coefficient (Wildman–Crippen LogP) is -1.65. The monoisotopic (exact) mass is 677 g/mol. The van der Waals surface area contributed by atoms with Gasteiger partial charge in [0.25, 0.3) is 11.1 Å². The third kappa shape index (κ3) is 5.30. The van der Waals surface area contributed by atoms with E-state index in [4.69, 9.17) is 33.3 Å². The number of ether oxygens (including phenoxy) is 2. The molecule has 0 aromatic carbocycles. The highest BCUT2D eigenvalue weighted by Gasteiger charge is 2.54. The van der Waals surface area contributed by atoms with E-state index in [-0.39, 0.29) is 28.3 Å². The minimum atomic E-state index is -5.18. The maximum absolute atomic E-state index is 15.8. The van der Waals surface area contributed by atoms with Crippen LogP contribution in [0, 0.1) is 0 Å². The number of nitrogens with two attached hydrogens (primary N) is 1. The van der Waals surface area contributed by atoms with E-state index in [9.17, 15) is 33.6 Å². The molecule has 3 aliphatic rings. The van der Waals surface area contributed by atoms with Gasteiger partial charge >= 0.3 is 15.6 Å². The SMILES string of the molecule is Nc1nc2c(ncn2[C@@H]2O[C@@H]3COP(=O)(O)O[C@H]4[C@@H](F)[C@H](n5cnc6c(=O)[nH]cnc65)O[C@@H]4COP(=O)(O)O[C@@H]2[C@@H]3O)c(=O)[nH]1. The molecule has 7 heterocycles. The lowest BCUT2D eigenvalue weighted by Crippen LogP contribution is -2.35. The maximum Gasteiger partial charge on any atom is 0.472 e. The highest BCUT2D eigenvalue weighted by molar-refractivity contribution is 7.47. The third-order valence-corrected chi connectivity index (χ3v) is 9.23. The fourth-order valence-corrected chi connectivity index (χ4v) is 7.14. The number of aromatic amines is 2. The number of H-pyrrole nitrogens is 2. The van der Waals surface area contributed by atoms with Gasteiger partial charge < -0.3 is 35.1 Å². The second-order valence-corrected chi connectivity index (χ2v) is 12.9. The standard InChI is InChI=1S/C20H22FN9O13P2/c21-8-12-7(41-18(8)29-4-25-9-14(29)23-3-24-16(9)32)2-39-45(36,37)43-13-11(31)6(1-38-44(34,35)42-12)40-19(13)30-5-26-10-15(30)27-20(22)28-17(10)33/h3-8,11-13,18-19,31H,1-2H2,(H,34,35)(H,36,37)(H,23,24,32)(H3,22,27,28,33)/t6-,7-,8-,11-,12-,13-,18-,19-/m1/s1. The number of aliphatic hydroxyl groups excluding tert-OH is 1. The van der Waals surface area contributed by atoms with E-state index in [1.807, 2.05) is 0 Å². The first-order valence-corrected chi connectivity index (χ1v) is 15.9. The Balaban J connectivity index is 1.21. The summed E-state index contributed by atoms with van der Waals surface area (Å²) in [5.41, 5.74) is 3.68. The number of rotatable bonds is 2. The first-order valence-electron chi connectivity index (χ1n) is 12.9. The van der Waals surface area contributed by atoms with Gasteiger partial charge in [0.2, 0.25) is 5.95 Å². The molecule has 2 unspecified atom stereocenters. The molecule has 0 saturated carbocycles. The van der Waals surface area contributed by atoms with Crippen molar-refractivity contribution in [2.45, 2.75) is 49.1 Å². The molecule has 4 aromatic rings. The van der Waals surface area contributed by atoms with E-state index in [1.54, 1.807) is 0 Å². The lowest BCUT2D eigenvalue weighted by atomic mass is 10.1. The lowest BCUT2D eigenvalue weighted by molar-refractivity contribution is -0.0670. The van der Waals surface area contributed by atoms with Crippen LogP contribution < -0.4 is 16.9 Å². The van der Waals surface area contributed by atoms with Gasteiger partial charge in [-0.1, -0.05) is 0 Å². The zero-order valence-corrected chi connectivity index (χ0v) is 24.0. The number of phosphoric ester groups is 2. The van der Waals surface area contributed by atoms with Crippen LogP contribution in [0.2, 0.25) is 0 Å². The summed E-state index contributed by atoms with van der Waals surface area (Å²) in [6, 6.07) is 0. The van der Waals surface area contributed by atoms with Crippen molar-refractivity contribution in [3.05, 3.63) is 39.7 Å². The molecule has 45 heavy (non-hydrogen) atoms. The Hall–Kier alpha value is -3.47. The van der Waals surface area contributed by atoms with Crippen molar-refractivity contribution in [3.8, 4) is 0 Å². The van der Waals surface area contributed by atoms with Crippen LogP contribution in [-0.4, -0.2) is 104 Å². The van der Waals surface area contributed by atoms with Crippen molar-refractivity contribution in [1.82, 2.24) is 39.0 Å². The van der Waals surface area contributed by atoms with Crippen molar-refractivity contribution in [1.29, 1.82) is 0 Å². The number of phosphoric acid groups is 2. The fourth-order valence-electron chi connectivity index (χ4n) is 5.25. The fraction of sp³-hybridized carbons (Fsp3) is 0.500. The zero-order chi connectivity index (χ0) is 31.8. The van der Waals surface area contributed by atoms with Crippen LogP contribution >= 0.6 is 15.6 Å². The van der Waals surface area contributed by atoms with Crippen molar-refractivity contribution in [3.63, 3.8) is 0 Å². The first-order chi connectivity index (χ1) is 21.3. The smallest absolute Gasteiger partial charge is 0.387 e. The number of alkyl halides is 1. The molecule has 25 heteroatoms. The van der Waals surface area contributed by atoms with Crippen LogP contribution in [0.3, 0.4) is 0 Å². The number of aliphatic hydroxyl groups is 1. The van der Waals surface area contributed by atoms with Crippen LogP contribution in [0.4, 0.5) is 10.3 Å². The molecule has 0 aliphatic carbocycles. The molecule has 2 bridgehead atoms. The Morgan fingerprint density at radius 2 is 1.49 bits per heavy atom. The summed E-state index contributed by atoms with van der Waals surface area (Å²) < 4.78 is 75.9. The van der Waals surface area contributed by atoms with E-state index < -0.39 is 89.1 Å². The Bertz CT molecular complexity index is 2000. The van der Waals surface area contributed by atoms with Crippen molar-refractivity contribution >= 4 is 43.9 Å². The van der Waals surface area contributed by atoms with Crippen molar-refractivity contribution in [2.75, 3.05) is 18.9 Å². The summed E-state index contributed by atoms with van der Waals surface area (Å²) in [5, 5.41) is 11.0. The van der Waals surface area contributed by atoms with E-state index in [0.29, 0.717) is 0 Å². The van der Waals surface area contributed by atoms with Gasteiger partial charge in [-0.3, -0.25) is 41.8 Å². The van der Waals surface area contributed by atoms with Crippen molar-refractivity contribution in [2.24, 2.45) is 0 Å². The van der Waals surface area contributed by atoms with Gasteiger partial charge in [-0.05, 0) is 0 Å². The summed E-state index contributed by atoms with van der Waals surface area (Å²) in [6.07, 6.45) is -10.9. The normalized spacial score (nSPS) is 37.7. The second kappa shape index (κ2) is 10.8. The number of fused-ring (bicyclic) bond motifs is 5. The first kappa shape index (κ1) is 30.2. The highest BCUT2D eigenvalue weighted by atomic mass is 31.2. The van der Waals surface area contributed by atoms with Crippen molar-refractivity contribution < 1.29 is 56.0 Å². The Morgan fingerprint density at radius 3 is 2.20 bits per heavy atom. The number of halogens is 1. The highest BCUT2D eigenvalue weighted by Crippen LogP contribution is 2.54. The van der Waals surface area contributed by atoms with E-state index in [1.165, 1.54) is 0 Å². The van der Waals surface area contributed by atoms with Gasteiger partial charge in [0.15, 0.2) is 41.0 Å². The average Bonchev–Trinajstić information content (AvgIpc) is 3.72. The third-order valence-electron chi connectivity index (χ3n) is 7.26. The van der Waals surface area contributed by atoms with Gasteiger partial charge in [0.05, 0.1) is 32.2 Å². The number of nitrogens with one attached hydrogen (secondary N) is 2. The number of hydrogen-bond acceptors (Lipinski definition) is 16. The van der Waals surface area contributed by atoms with E-state index in [2.05, 4.69) is 29.9 Å². The summed E-state index contributed by atoms with van der Waals surface area (Å²) >= 11 is 0. The number of imidazole rings is 2. The molecule has 242 valence electrons. The number of aromatic nitrogens is 8. The maximum atomic E-state index is 15.8. The van der Waals surface area contributed by atoms with E-state index >= 15 is 4.39 Å². The van der Waals surface area contributed by atoms with Crippen LogP contribution in [0.5, 0.6) is 0 Å². The molecule has 0 amide bonds. The van der Waals surface area contributed by atoms with Crippen LogP contribution in [0.1, 0.15) is 12.5 Å². The second-order valence-electron chi connectivity index (χ2n) is 10.1. The minimum Gasteiger partial charge on any atom is -0.387 e. The van der Waals surface area contributed by atoms with Gasteiger partial charge in [-0.2, -0.15) is 4.98 Å². The van der Waals surface area contributed by atoms with Gasteiger partial charge in [-0.15, -0.1) is 0 Å². The molecule has 22 nitrogen and oxygen atoms in total. The summed E-state index contributed by atoms with van der Waals surface area (Å²) in [7, 11) is -10.3. The summed E-state index contributed by atoms with van der Waals surface area (Å²) in [4.78, 5) is 65.8. The summed E-state index contributed by atoms with van der Waals surface area (Å²) in [6.45, 7) is -1.82. The zero-order valence-electron chi connectivity index (χ0n) is 22.2. The molecule has 7 N–H and O–H groups in total. The van der Waals surface area contributed by atoms with Crippen LogP contribution in [0.15, 0.2) is 28.6 Å². The quantitative estimate of drug-likeness (QED) is 0.129. The van der Waals surface area contributed by atoms with Crippen LogP contribution in [-0.2, 0) is 36.7 Å². The Morgan fingerprint density at radius 1 is 0.889 bits per heavy atom. The minimum absolute atomic E-state index is 0.0975. The largest absolute Gasteiger partial charge is 0.472 e. The molecule has 3 fully saturated rings. The molecule has 0 radical (unpaired) electrons. The average molecular weight is 677 g/mol. The predicted molar refractivity (Wildman–Crippen MR) is 141 cm³/mol. The molecule has 10 atom stereocenters. The topological polar surface area (TPSA) is 303 Å². The Labute approximate surface area is 247 Å². The number of anilines is 1. The Kier molecular flexibility index (Phi) is 7.26. The van der Waals surface area contributed by atoms with Gasteiger partial charge in [-0.25, -0.2) is 28.5 Å². The number of nitrogen functional groups attached to an aromatic ring is 1. The molecular weight excluding hydrogens is 655 g/mol. The van der Waals surface area contributed by atoms with E-state index in [0.717, 1.165) is 28.1 Å². The molecule has 0 spiro atoms. The molecule has 3 saturated heterocycles. The summed E-state index contributed by atoms with van der Waals surface area (Å²) in [5.74, 6) is -0.302. The van der Waals surface area contributed by atoms with Gasteiger partial charge in [0.1, 0.15) is 30.5 Å².